The zero-order valence-electron chi connectivity index (χ0n) is 7.72. The summed E-state index contributed by atoms with van der Waals surface area (Å²) < 4.78 is 0. The molecule has 0 bridgehead atoms. The van der Waals surface area contributed by atoms with Gasteiger partial charge in [0.05, 0.1) is 0 Å². The Balaban J connectivity index is 3.79. The van der Waals surface area contributed by atoms with Crippen LogP contribution in [0.1, 0.15) is 40.5 Å². The number of allylic oxidation sites excluding steroid dienone is 2. The van der Waals surface area contributed by atoms with E-state index in [1.54, 1.807) is 0 Å². The van der Waals surface area contributed by atoms with Gasteiger partial charge in [0.25, 0.3) is 0 Å². The molecule has 0 aromatic rings. The fourth-order valence-electron chi connectivity index (χ4n) is 1.28. The van der Waals surface area contributed by atoms with Crippen molar-refractivity contribution in [3.63, 3.8) is 0 Å². The summed E-state index contributed by atoms with van der Waals surface area (Å²) in [6, 6.07) is 0. The number of hydrogen-bond acceptors (Lipinski definition) is 0. The molecule has 10 heavy (non-hydrogen) atoms. The second-order valence-electron chi connectivity index (χ2n) is 2.98. The molecule has 60 valence electrons. The molecule has 0 spiro atoms. The van der Waals surface area contributed by atoms with E-state index in [0.29, 0.717) is 0 Å². The van der Waals surface area contributed by atoms with E-state index in [1.807, 2.05) is 0 Å². The Morgan fingerprint density at radius 2 is 1.80 bits per heavy atom. The first-order valence-electron chi connectivity index (χ1n) is 4.39. The monoisotopic (exact) mass is 140 g/mol. The summed E-state index contributed by atoms with van der Waals surface area (Å²) in [5.74, 6) is 1.65. The van der Waals surface area contributed by atoms with E-state index < -0.39 is 0 Å². The first-order valence-corrected chi connectivity index (χ1v) is 4.39. The molecule has 0 radical (unpaired) electrons. The molecule has 0 aliphatic rings. The topological polar surface area (TPSA) is 0 Å². The zero-order chi connectivity index (χ0) is 7.98. The summed E-state index contributed by atoms with van der Waals surface area (Å²) >= 11 is 0. The summed E-state index contributed by atoms with van der Waals surface area (Å²) in [5.41, 5.74) is 0. The van der Waals surface area contributed by atoms with Crippen molar-refractivity contribution >= 4 is 0 Å². The summed E-state index contributed by atoms with van der Waals surface area (Å²) in [6.45, 7) is 8.95. The first-order chi connectivity index (χ1) is 4.76. The van der Waals surface area contributed by atoms with Crippen molar-refractivity contribution in [2.45, 2.75) is 40.5 Å². The standard InChI is InChI=1S/C10H20/c1-5-8-10(7-3)9(4)6-2/h5,8-10H,6-7H2,1-4H3. The van der Waals surface area contributed by atoms with Crippen molar-refractivity contribution in [1.82, 2.24) is 0 Å². The average molecular weight is 140 g/mol. The minimum absolute atomic E-state index is 0.801. The highest BCUT2D eigenvalue weighted by atomic mass is 14.1. The lowest BCUT2D eigenvalue weighted by atomic mass is 9.89. The van der Waals surface area contributed by atoms with Gasteiger partial charge in [-0.2, -0.15) is 0 Å². The van der Waals surface area contributed by atoms with E-state index in [0.717, 1.165) is 11.8 Å². The van der Waals surface area contributed by atoms with Gasteiger partial charge in [0.15, 0.2) is 0 Å². The molecule has 0 saturated carbocycles. The van der Waals surface area contributed by atoms with Gasteiger partial charge in [0, 0.05) is 0 Å². The lowest BCUT2D eigenvalue weighted by Gasteiger charge is -2.16. The quantitative estimate of drug-likeness (QED) is 0.523. The maximum absolute atomic E-state index is 2.33. The summed E-state index contributed by atoms with van der Waals surface area (Å²) in [5, 5.41) is 0. The molecule has 0 aliphatic heterocycles. The van der Waals surface area contributed by atoms with Crippen LogP contribution >= 0.6 is 0 Å². The molecule has 0 heteroatoms. The Morgan fingerprint density at radius 3 is 2.10 bits per heavy atom. The minimum Gasteiger partial charge on any atom is -0.0914 e. The molecule has 0 aromatic heterocycles. The van der Waals surface area contributed by atoms with Gasteiger partial charge in [0.2, 0.25) is 0 Å². The van der Waals surface area contributed by atoms with Gasteiger partial charge in [-0.25, -0.2) is 0 Å². The van der Waals surface area contributed by atoms with Crippen LogP contribution in [0.25, 0.3) is 0 Å². The van der Waals surface area contributed by atoms with Crippen molar-refractivity contribution in [2.75, 3.05) is 0 Å². The molecule has 0 N–H and O–H groups in total. The molecule has 0 amide bonds. The molecule has 0 aliphatic carbocycles. The molecule has 0 aromatic carbocycles. The van der Waals surface area contributed by atoms with Crippen LogP contribution in [0.3, 0.4) is 0 Å². The van der Waals surface area contributed by atoms with Crippen molar-refractivity contribution in [1.29, 1.82) is 0 Å². The highest BCUT2D eigenvalue weighted by Gasteiger charge is 2.08. The Bertz CT molecular complexity index is 92.2. The van der Waals surface area contributed by atoms with Gasteiger partial charge in [-0.1, -0.05) is 39.3 Å². The van der Waals surface area contributed by atoms with Crippen LogP contribution in [0.5, 0.6) is 0 Å². The summed E-state index contributed by atoms with van der Waals surface area (Å²) in [7, 11) is 0. The molecule has 0 rings (SSSR count). The maximum atomic E-state index is 2.33. The van der Waals surface area contributed by atoms with Crippen LogP contribution in [-0.2, 0) is 0 Å². The average Bonchev–Trinajstić information content (AvgIpc) is 1.99. The van der Waals surface area contributed by atoms with Crippen molar-refractivity contribution in [3.05, 3.63) is 12.2 Å². The van der Waals surface area contributed by atoms with Crippen LogP contribution in [-0.4, -0.2) is 0 Å². The van der Waals surface area contributed by atoms with E-state index in [2.05, 4.69) is 39.8 Å². The largest absolute Gasteiger partial charge is 0.0914 e. The zero-order valence-corrected chi connectivity index (χ0v) is 7.72. The molecule has 0 fully saturated rings. The first kappa shape index (κ1) is 9.74. The van der Waals surface area contributed by atoms with E-state index in [4.69, 9.17) is 0 Å². The third kappa shape index (κ3) is 3.05. The van der Waals surface area contributed by atoms with Gasteiger partial charge in [-0.3, -0.25) is 0 Å². The Morgan fingerprint density at radius 1 is 1.20 bits per heavy atom. The molecule has 2 atom stereocenters. The van der Waals surface area contributed by atoms with E-state index >= 15 is 0 Å². The highest BCUT2D eigenvalue weighted by molar-refractivity contribution is 4.87. The molecule has 0 nitrogen and oxygen atoms in total. The van der Waals surface area contributed by atoms with E-state index in [9.17, 15) is 0 Å². The minimum atomic E-state index is 0.801. The van der Waals surface area contributed by atoms with Crippen LogP contribution in [0.15, 0.2) is 12.2 Å². The van der Waals surface area contributed by atoms with Gasteiger partial charge in [0.1, 0.15) is 0 Å². The van der Waals surface area contributed by atoms with Gasteiger partial charge in [-0.05, 0) is 25.2 Å². The lowest BCUT2D eigenvalue weighted by molar-refractivity contribution is 0.406. The predicted octanol–water partition coefficient (Wildman–Crippen LogP) is 3.63. The van der Waals surface area contributed by atoms with Crippen molar-refractivity contribution in [3.8, 4) is 0 Å². The second-order valence-corrected chi connectivity index (χ2v) is 2.98. The third-order valence-electron chi connectivity index (χ3n) is 2.29. The van der Waals surface area contributed by atoms with Crippen LogP contribution in [0.4, 0.5) is 0 Å². The van der Waals surface area contributed by atoms with Crippen LogP contribution in [0.2, 0.25) is 0 Å². The Hall–Kier alpha value is -0.260. The summed E-state index contributed by atoms with van der Waals surface area (Å²) in [6.07, 6.45) is 7.07. The number of rotatable bonds is 4. The third-order valence-corrected chi connectivity index (χ3v) is 2.29. The fraction of sp³-hybridized carbons (Fsp3) is 0.800. The number of hydrogen-bond donors (Lipinski definition) is 0. The van der Waals surface area contributed by atoms with Gasteiger partial charge in [-0.15, -0.1) is 0 Å². The maximum Gasteiger partial charge on any atom is -0.0211 e. The van der Waals surface area contributed by atoms with Crippen LogP contribution < -0.4 is 0 Å². The Kier molecular flexibility index (Phi) is 5.38. The second kappa shape index (κ2) is 5.52. The van der Waals surface area contributed by atoms with Gasteiger partial charge < -0.3 is 0 Å². The molecule has 2 unspecified atom stereocenters. The SMILES string of the molecule is CC=CC(CC)C(C)CC. The van der Waals surface area contributed by atoms with Gasteiger partial charge >= 0.3 is 0 Å². The predicted molar refractivity (Wildman–Crippen MR) is 48.1 cm³/mol. The molecular weight excluding hydrogens is 120 g/mol. The Labute approximate surface area is 65.3 Å². The highest BCUT2D eigenvalue weighted by Crippen LogP contribution is 2.19. The lowest BCUT2D eigenvalue weighted by Crippen LogP contribution is -2.06. The smallest absolute Gasteiger partial charge is 0.0211 e. The van der Waals surface area contributed by atoms with Crippen molar-refractivity contribution in [2.24, 2.45) is 11.8 Å². The van der Waals surface area contributed by atoms with E-state index in [1.165, 1.54) is 12.8 Å². The fourth-order valence-corrected chi connectivity index (χ4v) is 1.28. The molecule has 0 saturated heterocycles. The van der Waals surface area contributed by atoms with Crippen molar-refractivity contribution < 1.29 is 0 Å². The normalized spacial score (nSPS) is 17.6. The molecule has 0 heterocycles. The molecular formula is C10H20. The van der Waals surface area contributed by atoms with Crippen LogP contribution in [0, 0.1) is 11.8 Å². The van der Waals surface area contributed by atoms with E-state index in [-0.39, 0.29) is 0 Å². The summed E-state index contributed by atoms with van der Waals surface area (Å²) in [4.78, 5) is 0.